The Morgan fingerprint density at radius 3 is 1.98 bits per heavy atom. The number of hydrogen-bond acceptors (Lipinski definition) is 6. The van der Waals surface area contributed by atoms with Crippen molar-refractivity contribution in [1.82, 2.24) is 9.80 Å². The molecule has 2 N–H and O–H groups in total. The van der Waals surface area contributed by atoms with Crippen molar-refractivity contribution >= 4 is 17.8 Å². The minimum Gasteiger partial charge on any atom is -0.493 e. The van der Waals surface area contributed by atoms with E-state index in [0.29, 0.717) is 44.2 Å². The molecule has 9 nitrogen and oxygen atoms in total. The molecule has 1 unspecified atom stereocenters. The SMILES string of the molecule is CCOc1cc(CN2CCC3(CC2)CC(=O)N(C(C)C(=O)O)C3)cc(OCC)c1-c1ccc(F)cc1.O=C(O)CC(F)(F)F. The lowest BCUT2D eigenvalue weighted by Crippen LogP contribution is -2.44. The molecule has 1 spiro atoms. The summed E-state index contributed by atoms with van der Waals surface area (Å²) in [4.78, 5) is 37.1. The molecule has 242 valence electrons. The Bertz CT molecular complexity index is 1280. The van der Waals surface area contributed by atoms with E-state index in [1.807, 2.05) is 26.0 Å². The van der Waals surface area contributed by atoms with E-state index in [2.05, 4.69) is 4.90 Å². The molecule has 0 bridgehead atoms. The van der Waals surface area contributed by atoms with Crippen molar-refractivity contribution < 1.29 is 51.6 Å². The molecule has 2 aromatic carbocycles. The number of benzene rings is 2. The van der Waals surface area contributed by atoms with Gasteiger partial charge in [-0.25, -0.2) is 9.18 Å². The first-order chi connectivity index (χ1) is 20.7. The highest BCUT2D eigenvalue weighted by molar-refractivity contribution is 5.85. The second-order valence-corrected chi connectivity index (χ2v) is 11.0. The van der Waals surface area contributed by atoms with E-state index in [1.165, 1.54) is 17.0 Å². The summed E-state index contributed by atoms with van der Waals surface area (Å²) in [7, 11) is 0. The van der Waals surface area contributed by atoms with Crippen LogP contribution in [0.25, 0.3) is 11.1 Å². The van der Waals surface area contributed by atoms with Crippen LogP contribution >= 0.6 is 0 Å². The number of amides is 1. The molecule has 2 saturated heterocycles. The van der Waals surface area contributed by atoms with Crippen LogP contribution in [-0.2, 0) is 20.9 Å². The van der Waals surface area contributed by atoms with Crippen molar-refractivity contribution in [2.45, 2.75) is 65.2 Å². The van der Waals surface area contributed by atoms with Gasteiger partial charge in [0.1, 0.15) is 29.8 Å². The first-order valence-electron chi connectivity index (χ1n) is 14.4. The number of carboxylic acids is 2. The van der Waals surface area contributed by atoms with E-state index in [1.54, 1.807) is 19.1 Å². The van der Waals surface area contributed by atoms with Crippen molar-refractivity contribution in [2.24, 2.45) is 5.41 Å². The van der Waals surface area contributed by atoms with Crippen LogP contribution in [0.15, 0.2) is 36.4 Å². The van der Waals surface area contributed by atoms with Crippen molar-refractivity contribution in [3.63, 3.8) is 0 Å². The lowest BCUT2D eigenvalue weighted by molar-refractivity contribution is -0.166. The number of alkyl halides is 3. The Hall–Kier alpha value is -3.87. The first kappa shape index (κ1) is 34.6. The molecule has 0 aromatic heterocycles. The second kappa shape index (κ2) is 14.7. The average molecular weight is 627 g/mol. The van der Waals surface area contributed by atoms with Gasteiger partial charge in [-0.15, -0.1) is 0 Å². The van der Waals surface area contributed by atoms with Gasteiger partial charge in [-0.3, -0.25) is 14.5 Å². The zero-order valence-electron chi connectivity index (χ0n) is 25.0. The number of rotatable bonds is 10. The maximum Gasteiger partial charge on any atom is 0.399 e. The fourth-order valence-electron chi connectivity index (χ4n) is 5.54. The van der Waals surface area contributed by atoms with E-state index >= 15 is 0 Å². The summed E-state index contributed by atoms with van der Waals surface area (Å²) < 4.78 is 58.3. The van der Waals surface area contributed by atoms with Crippen molar-refractivity contribution in [2.75, 3.05) is 32.8 Å². The van der Waals surface area contributed by atoms with E-state index in [9.17, 15) is 37.1 Å². The van der Waals surface area contributed by atoms with Gasteiger partial charge in [0.2, 0.25) is 5.91 Å². The predicted molar refractivity (Wildman–Crippen MR) is 153 cm³/mol. The van der Waals surface area contributed by atoms with Gasteiger partial charge in [-0.05, 0) is 87.5 Å². The van der Waals surface area contributed by atoms with Crippen LogP contribution in [0.4, 0.5) is 17.6 Å². The topological polar surface area (TPSA) is 117 Å². The Labute approximate surface area is 253 Å². The minimum absolute atomic E-state index is 0.0579. The van der Waals surface area contributed by atoms with Crippen molar-refractivity contribution in [3.05, 3.63) is 47.8 Å². The standard InChI is InChI=1S/C28H35FN2O5.C3H3F3O2/c1-4-35-23-14-20(15-24(36-5-2)26(23)21-6-8-22(29)9-7-21)17-30-12-10-28(11-13-30)16-25(32)31(18-28)19(3)27(33)34;4-3(5,6)1-2(7)8/h6-9,14-15,19H,4-5,10-13,16-18H2,1-3H3,(H,33,34);1H2,(H,7,8). The third-order valence-electron chi connectivity index (χ3n) is 7.71. The number of carboxylic acid groups (broad SMARTS) is 2. The summed E-state index contributed by atoms with van der Waals surface area (Å²) in [6, 6.07) is 9.61. The molecule has 0 aliphatic carbocycles. The summed E-state index contributed by atoms with van der Waals surface area (Å²) in [6.45, 7) is 9.32. The monoisotopic (exact) mass is 626 g/mol. The van der Waals surface area contributed by atoms with E-state index in [0.717, 1.165) is 42.6 Å². The average Bonchev–Trinajstić information content (AvgIpc) is 3.25. The first-order valence-corrected chi connectivity index (χ1v) is 14.4. The van der Waals surface area contributed by atoms with Gasteiger partial charge in [0.15, 0.2) is 0 Å². The van der Waals surface area contributed by atoms with Gasteiger partial charge in [0.05, 0.1) is 18.8 Å². The van der Waals surface area contributed by atoms with Crippen LogP contribution < -0.4 is 9.47 Å². The number of nitrogens with zero attached hydrogens (tertiary/aromatic N) is 2. The fourth-order valence-corrected chi connectivity index (χ4v) is 5.54. The molecule has 1 amide bonds. The quantitative estimate of drug-likeness (QED) is 0.328. The van der Waals surface area contributed by atoms with Crippen LogP contribution in [0.2, 0.25) is 0 Å². The Morgan fingerprint density at radius 1 is 1.00 bits per heavy atom. The summed E-state index contributed by atoms with van der Waals surface area (Å²) in [5.74, 6) is -1.75. The zero-order chi connectivity index (χ0) is 32.7. The van der Waals surface area contributed by atoms with Crippen LogP contribution in [-0.4, -0.2) is 82.9 Å². The van der Waals surface area contributed by atoms with E-state index in [4.69, 9.17) is 14.6 Å². The molecule has 2 aliphatic rings. The molecule has 1 atom stereocenters. The largest absolute Gasteiger partial charge is 0.493 e. The highest BCUT2D eigenvalue weighted by Crippen LogP contribution is 2.43. The number of hydrogen-bond donors (Lipinski definition) is 2. The Morgan fingerprint density at radius 2 is 1.55 bits per heavy atom. The third kappa shape index (κ3) is 9.31. The molecule has 2 fully saturated rings. The minimum atomic E-state index is -4.58. The molecular weight excluding hydrogens is 588 g/mol. The molecule has 0 radical (unpaired) electrons. The second-order valence-electron chi connectivity index (χ2n) is 11.0. The molecular formula is C31H38F4N2O7. The highest BCUT2D eigenvalue weighted by atomic mass is 19.4. The van der Waals surface area contributed by atoms with Crippen molar-refractivity contribution in [1.29, 1.82) is 0 Å². The predicted octanol–water partition coefficient (Wildman–Crippen LogP) is 5.60. The summed E-state index contributed by atoms with van der Waals surface area (Å²) in [6.07, 6.45) is -4.20. The lowest BCUT2D eigenvalue weighted by Gasteiger charge is -2.39. The number of aliphatic carboxylic acids is 2. The lowest BCUT2D eigenvalue weighted by atomic mass is 9.77. The molecule has 13 heteroatoms. The summed E-state index contributed by atoms with van der Waals surface area (Å²) in [5.41, 5.74) is 2.57. The molecule has 0 saturated carbocycles. The fraction of sp³-hybridized carbons (Fsp3) is 0.516. The molecule has 44 heavy (non-hydrogen) atoms. The summed E-state index contributed by atoms with van der Waals surface area (Å²) >= 11 is 0. The molecule has 2 aliphatic heterocycles. The third-order valence-corrected chi connectivity index (χ3v) is 7.71. The molecule has 4 rings (SSSR count). The Balaban J connectivity index is 0.000000583. The zero-order valence-corrected chi connectivity index (χ0v) is 25.0. The van der Waals surface area contributed by atoms with Gasteiger partial charge in [-0.1, -0.05) is 12.1 Å². The smallest absolute Gasteiger partial charge is 0.399 e. The molecule has 2 heterocycles. The maximum atomic E-state index is 13.5. The van der Waals surface area contributed by atoms with Gasteiger partial charge < -0.3 is 24.6 Å². The number of halogens is 4. The number of likely N-dealkylation sites (tertiary alicyclic amines) is 2. The molecule has 2 aromatic rings. The highest BCUT2D eigenvalue weighted by Gasteiger charge is 2.47. The van der Waals surface area contributed by atoms with Crippen LogP contribution in [0, 0.1) is 11.2 Å². The maximum absolute atomic E-state index is 13.5. The number of carbonyl (C=O) groups excluding carboxylic acids is 1. The van der Waals surface area contributed by atoms with Crippen molar-refractivity contribution in [3.8, 4) is 22.6 Å². The van der Waals surface area contributed by atoms with Crippen LogP contribution in [0.5, 0.6) is 11.5 Å². The number of carbonyl (C=O) groups is 3. The van der Waals surface area contributed by atoms with E-state index in [-0.39, 0.29) is 17.1 Å². The number of ether oxygens (including phenoxy) is 2. The van der Waals surface area contributed by atoms with Gasteiger partial charge in [-0.2, -0.15) is 13.2 Å². The summed E-state index contributed by atoms with van der Waals surface area (Å²) in [5, 5.41) is 16.9. The van der Waals surface area contributed by atoms with Gasteiger partial charge in [0, 0.05) is 19.5 Å². The van der Waals surface area contributed by atoms with Crippen LogP contribution in [0.1, 0.15) is 52.0 Å². The van der Waals surface area contributed by atoms with Gasteiger partial charge >= 0.3 is 18.1 Å². The normalized spacial score (nSPS) is 17.2. The van der Waals surface area contributed by atoms with Crippen LogP contribution in [0.3, 0.4) is 0 Å². The van der Waals surface area contributed by atoms with E-state index < -0.39 is 30.6 Å². The number of piperidine rings is 1. The van der Waals surface area contributed by atoms with Gasteiger partial charge in [0.25, 0.3) is 0 Å². The Kier molecular flexibility index (Phi) is 11.6.